The van der Waals surface area contributed by atoms with E-state index in [0.717, 1.165) is 11.3 Å². The minimum Gasteiger partial charge on any atom is -0.505 e. The first-order valence-electron chi connectivity index (χ1n) is 11.8. The Balaban J connectivity index is 1.79. The number of aromatic hydroxyl groups is 1. The van der Waals surface area contributed by atoms with Crippen LogP contribution in [0.1, 0.15) is 52.2 Å². The number of hydrogen-bond donors (Lipinski definition) is 2. The molecule has 11 heteroatoms. The number of pyridine rings is 1. The van der Waals surface area contributed by atoms with Gasteiger partial charge in [0.15, 0.2) is 28.2 Å². The molecule has 1 atom stereocenters. The number of carbonyl (C=O) groups excluding carboxylic acids is 3. The summed E-state index contributed by atoms with van der Waals surface area (Å²) in [5.41, 5.74) is 1.94. The molecule has 4 aromatic rings. The number of ketones is 2. The van der Waals surface area contributed by atoms with Crippen LogP contribution in [0, 0.1) is 13.8 Å². The highest BCUT2D eigenvalue weighted by Crippen LogP contribution is 2.45. The SMILES string of the molecule is CCOc1cc(C2C(=C(O)c3c(C)nc4ccccn34)C(=O)C(=O)N2c2nc(C)c(C(C)=O)s2)ccc1O. The Labute approximate surface area is 221 Å². The molecule has 1 aromatic carbocycles. The molecule has 194 valence electrons. The fourth-order valence-electron chi connectivity index (χ4n) is 4.66. The minimum absolute atomic E-state index is 0.117. The number of aliphatic hydroxyl groups is 1. The number of aryl methyl sites for hydroxylation is 2. The Hall–Kier alpha value is -4.51. The highest BCUT2D eigenvalue weighted by molar-refractivity contribution is 7.18. The van der Waals surface area contributed by atoms with Gasteiger partial charge in [-0.25, -0.2) is 9.97 Å². The van der Waals surface area contributed by atoms with Crippen molar-refractivity contribution in [2.75, 3.05) is 11.5 Å². The van der Waals surface area contributed by atoms with Crippen LogP contribution < -0.4 is 9.64 Å². The zero-order valence-corrected chi connectivity index (χ0v) is 21.9. The van der Waals surface area contributed by atoms with E-state index >= 15 is 0 Å². The summed E-state index contributed by atoms with van der Waals surface area (Å²) in [6.45, 7) is 6.78. The molecule has 0 radical (unpaired) electrons. The average molecular weight is 533 g/mol. The van der Waals surface area contributed by atoms with Crippen molar-refractivity contribution < 1.29 is 29.3 Å². The third kappa shape index (κ3) is 3.91. The average Bonchev–Trinajstić information content (AvgIpc) is 3.51. The van der Waals surface area contributed by atoms with Gasteiger partial charge in [-0.2, -0.15) is 0 Å². The van der Waals surface area contributed by atoms with Crippen LogP contribution in [-0.2, 0) is 9.59 Å². The number of Topliss-reactive ketones (excluding diaryl/α,β-unsaturated/α-hetero) is 2. The number of phenols is 1. The Kier molecular flexibility index (Phi) is 6.23. The second kappa shape index (κ2) is 9.42. The molecule has 1 saturated heterocycles. The van der Waals surface area contributed by atoms with Crippen molar-refractivity contribution in [3.05, 3.63) is 75.7 Å². The summed E-state index contributed by atoms with van der Waals surface area (Å²) < 4.78 is 7.18. The Morgan fingerprint density at radius 3 is 2.58 bits per heavy atom. The topological polar surface area (TPSA) is 134 Å². The summed E-state index contributed by atoms with van der Waals surface area (Å²) in [5.74, 6) is -2.41. The van der Waals surface area contributed by atoms with Crippen LogP contribution in [0.3, 0.4) is 0 Å². The van der Waals surface area contributed by atoms with Gasteiger partial charge < -0.3 is 14.9 Å². The van der Waals surface area contributed by atoms with Gasteiger partial charge in [-0.05, 0) is 50.6 Å². The Morgan fingerprint density at radius 1 is 1.13 bits per heavy atom. The summed E-state index contributed by atoms with van der Waals surface area (Å²) in [7, 11) is 0. The quantitative estimate of drug-likeness (QED) is 0.162. The number of hydrogen-bond acceptors (Lipinski definition) is 9. The molecule has 38 heavy (non-hydrogen) atoms. The number of carbonyl (C=O) groups is 3. The number of anilines is 1. The second-order valence-electron chi connectivity index (χ2n) is 8.77. The molecule has 0 bridgehead atoms. The maximum atomic E-state index is 13.6. The molecular formula is C27H24N4O6S. The highest BCUT2D eigenvalue weighted by atomic mass is 32.1. The number of nitrogens with zero attached hydrogens (tertiary/aromatic N) is 4. The van der Waals surface area contributed by atoms with E-state index in [9.17, 15) is 24.6 Å². The molecule has 4 heterocycles. The highest BCUT2D eigenvalue weighted by Gasteiger charge is 2.49. The van der Waals surface area contributed by atoms with Crippen LogP contribution in [0.2, 0.25) is 0 Å². The summed E-state index contributed by atoms with van der Waals surface area (Å²) in [4.78, 5) is 49.6. The number of aliphatic hydroxyl groups excluding tert-OH is 1. The number of phenolic OH excluding ortho intramolecular Hbond substituents is 1. The lowest BCUT2D eigenvalue weighted by molar-refractivity contribution is -0.132. The maximum absolute atomic E-state index is 13.6. The molecule has 2 N–H and O–H groups in total. The molecule has 0 spiro atoms. The molecule has 1 unspecified atom stereocenters. The van der Waals surface area contributed by atoms with Crippen molar-refractivity contribution in [1.29, 1.82) is 0 Å². The number of ether oxygens (including phenoxy) is 1. The first-order valence-corrected chi connectivity index (χ1v) is 12.6. The third-order valence-electron chi connectivity index (χ3n) is 6.28. The van der Waals surface area contributed by atoms with Crippen LogP contribution in [0.25, 0.3) is 11.4 Å². The largest absolute Gasteiger partial charge is 0.505 e. The predicted molar refractivity (Wildman–Crippen MR) is 141 cm³/mol. The summed E-state index contributed by atoms with van der Waals surface area (Å²) >= 11 is 0.993. The van der Waals surface area contributed by atoms with Crippen molar-refractivity contribution in [2.24, 2.45) is 0 Å². The van der Waals surface area contributed by atoms with Gasteiger partial charge in [0.1, 0.15) is 11.3 Å². The molecule has 3 aromatic heterocycles. The smallest absolute Gasteiger partial charge is 0.301 e. The minimum atomic E-state index is -1.12. The normalized spacial score (nSPS) is 16.9. The van der Waals surface area contributed by atoms with Gasteiger partial charge in [0, 0.05) is 13.1 Å². The third-order valence-corrected chi connectivity index (χ3v) is 7.54. The van der Waals surface area contributed by atoms with Crippen molar-refractivity contribution >= 4 is 45.3 Å². The van der Waals surface area contributed by atoms with Crippen molar-refractivity contribution in [1.82, 2.24) is 14.4 Å². The molecule has 1 fully saturated rings. The lowest BCUT2D eigenvalue weighted by Crippen LogP contribution is -2.29. The molecule has 5 rings (SSSR count). The zero-order chi connectivity index (χ0) is 27.3. The van der Waals surface area contributed by atoms with Gasteiger partial charge >= 0.3 is 5.91 Å². The van der Waals surface area contributed by atoms with E-state index in [1.54, 1.807) is 55.6 Å². The van der Waals surface area contributed by atoms with Crippen LogP contribution in [0.5, 0.6) is 11.5 Å². The van der Waals surface area contributed by atoms with E-state index in [0.29, 0.717) is 27.5 Å². The van der Waals surface area contributed by atoms with E-state index in [4.69, 9.17) is 4.74 Å². The van der Waals surface area contributed by atoms with Crippen LogP contribution in [-0.4, -0.2) is 48.7 Å². The van der Waals surface area contributed by atoms with E-state index in [2.05, 4.69) is 9.97 Å². The fraction of sp³-hybridized carbons (Fsp3) is 0.222. The van der Waals surface area contributed by atoms with E-state index < -0.39 is 23.5 Å². The molecule has 10 nitrogen and oxygen atoms in total. The number of fused-ring (bicyclic) bond motifs is 1. The van der Waals surface area contributed by atoms with Gasteiger partial charge in [0.25, 0.3) is 5.78 Å². The Bertz CT molecular complexity index is 1670. The van der Waals surface area contributed by atoms with E-state index in [-0.39, 0.29) is 40.3 Å². The number of aromatic nitrogens is 3. The number of amides is 1. The number of imidazole rings is 1. The predicted octanol–water partition coefficient (Wildman–Crippen LogP) is 4.34. The van der Waals surface area contributed by atoms with E-state index in [1.165, 1.54) is 24.0 Å². The van der Waals surface area contributed by atoms with Crippen LogP contribution in [0.15, 0.2) is 48.2 Å². The first kappa shape index (κ1) is 25.2. The molecule has 0 aliphatic carbocycles. The van der Waals surface area contributed by atoms with Gasteiger partial charge in [0.2, 0.25) is 0 Å². The van der Waals surface area contributed by atoms with Crippen molar-refractivity contribution in [2.45, 2.75) is 33.7 Å². The molecular weight excluding hydrogens is 508 g/mol. The first-order chi connectivity index (χ1) is 18.1. The van der Waals surface area contributed by atoms with Crippen LogP contribution in [0.4, 0.5) is 5.13 Å². The molecule has 1 amide bonds. The number of benzene rings is 1. The maximum Gasteiger partial charge on any atom is 0.301 e. The van der Waals surface area contributed by atoms with Gasteiger partial charge in [-0.3, -0.25) is 23.7 Å². The molecule has 0 saturated carbocycles. The van der Waals surface area contributed by atoms with Crippen molar-refractivity contribution in [3.63, 3.8) is 0 Å². The van der Waals surface area contributed by atoms with E-state index in [1.807, 2.05) is 0 Å². The van der Waals surface area contributed by atoms with Crippen LogP contribution >= 0.6 is 11.3 Å². The summed E-state index contributed by atoms with van der Waals surface area (Å²) in [5, 5.41) is 22.0. The molecule has 1 aliphatic rings. The van der Waals surface area contributed by atoms with Gasteiger partial charge in [-0.1, -0.05) is 23.5 Å². The Morgan fingerprint density at radius 2 is 1.89 bits per heavy atom. The van der Waals surface area contributed by atoms with Gasteiger partial charge in [-0.15, -0.1) is 0 Å². The second-order valence-corrected chi connectivity index (χ2v) is 9.75. The summed E-state index contributed by atoms with van der Waals surface area (Å²) in [6, 6.07) is 8.66. The number of thiazole rings is 1. The molecule has 1 aliphatic heterocycles. The van der Waals surface area contributed by atoms with Crippen molar-refractivity contribution in [3.8, 4) is 11.5 Å². The van der Waals surface area contributed by atoms with Gasteiger partial charge in [0.05, 0.1) is 34.5 Å². The fourth-order valence-corrected chi connectivity index (χ4v) is 5.64. The zero-order valence-electron chi connectivity index (χ0n) is 21.1. The lowest BCUT2D eigenvalue weighted by Gasteiger charge is -2.23. The number of rotatable bonds is 6. The lowest BCUT2D eigenvalue weighted by atomic mass is 9.96. The monoisotopic (exact) mass is 532 g/mol. The standard InChI is InChI=1S/C27H24N4O6S/c1-5-37-18-12-16(9-10-17(18)33)22-20(23(34)21-13(2)28-19-8-6-7-11-30(19)21)24(35)26(36)31(22)27-29-14(3)25(38-27)15(4)32/h6-12,22,33-34H,5H2,1-4H3. The summed E-state index contributed by atoms with van der Waals surface area (Å²) in [6.07, 6.45) is 1.70.